The van der Waals surface area contributed by atoms with Gasteiger partial charge >= 0.3 is 5.97 Å². The quantitative estimate of drug-likeness (QED) is 0.551. The third-order valence-electron chi connectivity index (χ3n) is 4.15. The molecular weight excluding hydrogens is 432 g/mol. The van der Waals surface area contributed by atoms with Gasteiger partial charge < -0.3 is 15.2 Å². The van der Waals surface area contributed by atoms with E-state index >= 15 is 0 Å². The molecule has 8 nitrogen and oxygen atoms in total. The molecule has 2 N–H and O–H groups in total. The van der Waals surface area contributed by atoms with Crippen LogP contribution in [0.2, 0.25) is 5.02 Å². The van der Waals surface area contributed by atoms with E-state index in [-0.39, 0.29) is 28.7 Å². The summed E-state index contributed by atoms with van der Waals surface area (Å²) in [4.78, 5) is 23.3. The molecule has 2 aromatic carbocycles. The summed E-state index contributed by atoms with van der Waals surface area (Å²) >= 11 is 6.09. The van der Waals surface area contributed by atoms with Crippen LogP contribution in [-0.2, 0) is 26.2 Å². The number of amides is 1. The molecule has 2 aromatic rings. The number of rotatable bonds is 10. The van der Waals surface area contributed by atoms with E-state index in [0.717, 1.165) is 0 Å². The van der Waals surface area contributed by atoms with E-state index in [2.05, 4.69) is 0 Å². The second-order valence-corrected chi connectivity index (χ2v) is 8.55. The van der Waals surface area contributed by atoms with Crippen molar-refractivity contribution in [3.8, 4) is 5.75 Å². The highest BCUT2D eigenvalue weighted by Crippen LogP contribution is 2.24. The first-order valence-corrected chi connectivity index (χ1v) is 11.0. The fourth-order valence-electron chi connectivity index (χ4n) is 2.64. The summed E-state index contributed by atoms with van der Waals surface area (Å²) in [6, 6.07) is 10.5. The van der Waals surface area contributed by atoms with Crippen LogP contribution in [0.1, 0.15) is 29.8 Å². The molecule has 30 heavy (non-hydrogen) atoms. The summed E-state index contributed by atoms with van der Waals surface area (Å²) < 4.78 is 37.1. The molecular formula is C20H23ClN2O6S. The van der Waals surface area contributed by atoms with Gasteiger partial charge in [-0.25, -0.2) is 13.2 Å². The van der Waals surface area contributed by atoms with Gasteiger partial charge in [0.15, 0.2) is 6.61 Å². The SMILES string of the molecule is CCN(CC)S(=O)(=O)c1ccc(Cl)c(C(=O)OCc2cccc(OCC(N)=O)c2)c1. The van der Waals surface area contributed by atoms with Gasteiger partial charge in [0.25, 0.3) is 5.91 Å². The fraction of sp³-hybridized carbons (Fsp3) is 0.300. The minimum Gasteiger partial charge on any atom is -0.484 e. The number of ether oxygens (including phenoxy) is 2. The topological polar surface area (TPSA) is 116 Å². The van der Waals surface area contributed by atoms with Crippen molar-refractivity contribution in [2.45, 2.75) is 25.3 Å². The number of carbonyl (C=O) groups excluding carboxylic acids is 2. The summed E-state index contributed by atoms with van der Waals surface area (Å²) in [6.07, 6.45) is 0. The summed E-state index contributed by atoms with van der Waals surface area (Å²) in [7, 11) is -3.75. The van der Waals surface area contributed by atoms with Crippen LogP contribution >= 0.6 is 11.6 Å². The Bertz CT molecular complexity index is 1020. The zero-order valence-electron chi connectivity index (χ0n) is 16.6. The normalized spacial score (nSPS) is 11.3. The molecule has 1 amide bonds. The first-order chi connectivity index (χ1) is 14.2. The number of nitrogens with zero attached hydrogens (tertiary/aromatic N) is 1. The number of esters is 1. The van der Waals surface area contributed by atoms with E-state index in [0.29, 0.717) is 24.4 Å². The van der Waals surface area contributed by atoms with Crippen LogP contribution in [0.4, 0.5) is 0 Å². The first kappa shape index (κ1) is 23.7. The highest BCUT2D eigenvalue weighted by atomic mass is 35.5. The monoisotopic (exact) mass is 454 g/mol. The van der Waals surface area contributed by atoms with Gasteiger partial charge in [-0.15, -0.1) is 0 Å². The van der Waals surface area contributed by atoms with Crippen LogP contribution < -0.4 is 10.5 Å². The second-order valence-electron chi connectivity index (χ2n) is 6.21. The van der Waals surface area contributed by atoms with Gasteiger partial charge in [-0.05, 0) is 35.9 Å². The number of nitrogens with two attached hydrogens (primary N) is 1. The number of carbonyl (C=O) groups is 2. The average molecular weight is 455 g/mol. The highest BCUT2D eigenvalue weighted by molar-refractivity contribution is 7.89. The Kier molecular flexibility index (Phi) is 8.22. The van der Waals surface area contributed by atoms with E-state index in [9.17, 15) is 18.0 Å². The van der Waals surface area contributed by atoms with Crippen molar-refractivity contribution in [3.05, 3.63) is 58.6 Å². The molecule has 0 aliphatic carbocycles. The Morgan fingerprint density at radius 3 is 2.43 bits per heavy atom. The lowest BCUT2D eigenvalue weighted by Gasteiger charge is -2.19. The van der Waals surface area contributed by atoms with Crippen LogP contribution in [0.25, 0.3) is 0 Å². The van der Waals surface area contributed by atoms with Crippen molar-refractivity contribution in [1.29, 1.82) is 0 Å². The predicted molar refractivity (Wildman–Crippen MR) is 112 cm³/mol. The fourth-order valence-corrected chi connectivity index (χ4v) is 4.32. The van der Waals surface area contributed by atoms with Gasteiger partial charge in [-0.3, -0.25) is 4.79 Å². The molecule has 0 saturated heterocycles. The van der Waals surface area contributed by atoms with Crippen molar-refractivity contribution >= 4 is 33.5 Å². The lowest BCUT2D eigenvalue weighted by molar-refractivity contribution is -0.119. The molecule has 0 atom stereocenters. The number of hydrogen-bond acceptors (Lipinski definition) is 6. The van der Waals surface area contributed by atoms with E-state index in [1.54, 1.807) is 38.1 Å². The van der Waals surface area contributed by atoms with Crippen LogP contribution in [-0.4, -0.2) is 44.3 Å². The maximum absolute atomic E-state index is 12.7. The summed E-state index contributed by atoms with van der Waals surface area (Å²) in [5.74, 6) is -0.978. The molecule has 2 rings (SSSR count). The molecule has 0 bridgehead atoms. The van der Waals surface area contributed by atoms with Crippen molar-refractivity contribution in [2.24, 2.45) is 5.73 Å². The van der Waals surface area contributed by atoms with Gasteiger partial charge in [0.1, 0.15) is 12.4 Å². The molecule has 0 unspecified atom stereocenters. The number of sulfonamides is 1. The lowest BCUT2D eigenvalue weighted by atomic mass is 10.2. The molecule has 162 valence electrons. The molecule has 0 aliphatic rings. The number of halogens is 1. The zero-order chi connectivity index (χ0) is 22.3. The van der Waals surface area contributed by atoms with E-state index in [1.807, 2.05) is 0 Å². The Balaban J connectivity index is 2.16. The van der Waals surface area contributed by atoms with Crippen LogP contribution in [0.3, 0.4) is 0 Å². The Hall–Kier alpha value is -2.62. The maximum Gasteiger partial charge on any atom is 0.340 e. The number of hydrogen-bond donors (Lipinski definition) is 1. The molecule has 0 aliphatic heterocycles. The number of primary amides is 1. The summed E-state index contributed by atoms with van der Waals surface area (Å²) in [5, 5.41) is 0.0806. The third kappa shape index (κ3) is 5.94. The predicted octanol–water partition coefficient (Wildman–Crippen LogP) is 2.59. The summed E-state index contributed by atoms with van der Waals surface area (Å²) in [5.41, 5.74) is 5.60. The second kappa shape index (κ2) is 10.4. The molecule has 10 heteroatoms. The van der Waals surface area contributed by atoms with Crippen LogP contribution in [0.5, 0.6) is 5.75 Å². The Morgan fingerprint density at radius 2 is 1.80 bits per heavy atom. The third-order valence-corrected chi connectivity index (χ3v) is 6.53. The van der Waals surface area contributed by atoms with Gasteiger partial charge in [0.2, 0.25) is 10.0 Å². The van der Waals surface area contributed by atoms with Gasteiger partial charge in [0, 0.05) is 13.1 Å². The minimum atomic E-state index is -3.75. The largest absolute Gasteiger partial charge is 0.484 e. The van der Waals surface area contributed by atoms with Crippen molar-refractivity contribution < 1.29 is 27.5 Å². The van der Waals surface area contributed by atoms with E-state index in [1.165, 1.54) is 22.5 Å². The van der Waals surface area contributed by atoms with Crippen molar-refractivity contribution in [2.75, 3.05) is 19.7 Å². The van der Waals surface area contributed by atoms with Gasteiger partial charge in [-0.1, -0.05) is 37.6 Å². The Labute approximate surface area is 180 Å². The minimum absolute atomic E-state index is 0.0376. The first-order valence-electron chi connectivity index (χ1n) is 9.15. The van der Waals surface area contributed by atoms with E-state index in [4.69, 9.17) is 26.8 Å². The van der Waals surface area contributed by atoms with Crippen LogP contribution in [0, 0.1) is 0 Å². The summed E-state index contributed by atoms with van der Waals surface area (Å²) in [6.45, 7) is 3.69. The number of benzene rings is 2. The standard InChI is InChI=1S/C20H23ClN2O6S/c1-3-23(4-2)30(26,27)16-8-9-18(21)17(11-16)20(25)29-12-14-6-5-7-15(10-14)28-13-19(22)24/h5-11H,3-4,12-13H2,1-2H3,(H2,22,24). The average Bonchev–Trinajstić information content (AvgIpc) is 2.71. The van der Waals surface area contributed by atoms with Gasteiger partial charge in [0.05, 0.1) is 15.5 Å². The molecule has 0 aromatic heterocycles. The highest BCUT2D eigenvalue weighted by Gasteiger charge is 2.24. The smallest absolute Gasteiger partial charge is 0.340 e. The van der Waals surface area contributed by atoms with Crippen LogP contribution in [0.15, 0.2) is 47.4 Å². The van der Waals surface area contributed by atoms with Crippen molar-refractivity contribution in [1.82, 2.24) is 4.31 Å². The van der Waals surface area contributed by atoms with Gasteiger partial charge in [-0.2, -0.15) is 4.31 Å². The van der Waals surface area contributed by atoms with E-state index < -0.39 is 21.9 Å². The maximum atomic E-state index is 12.7. The Morgan fingerprint density at radius 1 is 1.10 bits per heavy atom. The molecule has 0 fully saturated rings. The zero-order valence-corrected chi connectivity index (χ0v) is 18.2. The molecule has 0 heterocycles. The molecule has 0 spiro atoms. The molecule has 0 saturated carbocycles. The van der Waals surface area contributed by atoms with Crippen molar-refractivity contribution in [3.63, 3.8) is 0 Å². The molecule has 0 radical (unpaired) electrons. The lowest BCUT2D eigenvalue weighted by Crippen LogP contribution is -2.30.